The molecule has 0 aliphatic heterocycles. The lowest BCUT2D eigenvalue weighted by atomic mass is 10.2. The van der Waals surface area contributed by atoms with Gasteiger partial charge < -0.3 is 11.1 Å². The predicted octanol–water partition coefficient (Wildman–Crippen LogP) is 1.44. The summed E-state index contributed by atoms with van der Waals surface area (Å²) in [6.45, 7) is 2.75. The molecule has 0 saturated heterocycles. The molecule has 1 aromatic rings. The molecule has 18 heavy (non-hydrogen) atoms. The van der Waals surface area contributed by atoms with Crippen molar-refractivity contribution in [1.29, 1.82) is 0 Å². The first-order valence-corrected chi connectivity index (χ1v) is 7.37. The summed E-state index contributed by atoms with van der Waals surface area (Å²) in [5, 5.41) is 2.85. The van der Waals surface area contributed by atoms with Gasteiger partial charge in [-0.15, -0.1) is 0 Å². The van der Waals surface area contributed by atoms with Crippen molar-refractivity contribution in [2.45, 2.75) is 6.92 Å². The Balaban J connectivity index is 2.54. The Morgan fingerprint density at radius 1 is 1.61 bits per heavy atom. The normalized spacial score (nSPS) is 11.9. The van der Waals surface area contributed by atoms with E-state index in [1.807, 2.05) is 6.26 Å². The summed E-state index contributed by atoms with van der Waals surface area (Å²) >= 11 is 6.59. The fourth-order valence-corrected chi connectivity index (χ4v) is 2.18. The Hall–Kier alpha value is -1.14. The highest BCUT2D eigenvalue weighted by Gasteiger charge is 2.09. The van der Waals surface area contributed by atoms with E-state index in [1.54, 1.807) is 23.9 Å². The van der Waals surface area contributed by atoms with Crippen molar-refractivity contribution in [1.82, 2.24) is 10.3 Å². The molecule has 1 heterocycles. The van der Waals surface area contributed by atoms with E-state index in [4.69, 9.17) is 18.0 Å². The molecule has 0 aromatic carbocycles. The number of amides is 1. The van der Waals surface area contributed by atoms with E-state index >= 15 is 0 Å². The molecule has 3 N–H and O–H groups in total. The topological polar surface area (TPSA) is 68.0 Å². The first kappa shape index (κ1) is 14.9. The second-order valence-electron chi connectivity index (χ2n) is 4.07. The lowest BCUT2D eigenvalue weighted by molar-refractivity contribution is 0.0944. The van der Waals surface area contributed by atoms with Crippen LogP contribution >= 0.6 is 24.0 Å². The number of thiocarbonyl (C=S) groups is 1. The monoisotopic (exact) mass is 283 g/mol. The zero-order chi connectivity index (χ0) is 13.5. The van der Waals surface area contributed by atoms with Gasteiger partial charge in [-0.1, -0.05) is 19.1 Å². The van der Waals surface area contributed by atoms with Gasteiger partial charge in [0.1, 0.15) is 10.7 Å². The molecule has 1 unspecified atom stereocenters. The van der Waals surface area contributed by atoms with Crippen molar-refractivity contribution in [3.63, 3.8) is 0 Å². The van der Waals surface area contributed by atoms with Crippen LogP contribution in [0.1, 0.15) is 23.0 Å². The lowest BCUT2D eigenvalue weighted by Gasteiger charge is -2.10. The van der Waals surface area contributed by atoms with Gasteiger partial charge in [0.15, 0.2) is 0 Å². The van der Waals surface area contributed by atoms with Crippen molar-refractivity contribution in [2.24, 2.45) is 11.7 Å². The van der Waals surface area contributed by atoms with E-state index in [1.165, 1.54) is 6.20 Å². The Kier molecular flexibility index (Phi) is 6.07. The van der Waals surface area contributed by atoms with Gasteiger partial charge in [0.2, 0.25) is 0 Å². The SMILES string of the molecule is CSCC(C)CNC(=O)c1ccc(C(N)=S)cn1. The van der Waals surface area contributed by atoms with Crippen LogP contribution in [0.4, 0.5) is 0 Å². The highest BCUT2D eigenvalue weighted by atomic mass is 32.2. The molecule has 0 aliphatic carbocycles. The molecule has 0 saturated carbocycles. The Bertz CT molecular complexity index is 420. The number of hydrogen-bond acceptors (Lipinski definition) is 4. The summed E-state index contributed by atoms with van der Waals surface area (Å²) in [6.07, 6.45) is 3.57. The first-order valence-electron chi connectivity index (χ1n) is 5.57. The molecule has 1 atom stereocenters. The molecule has 1 aromatic heterocycles. The Labute approximate surface area is 117 Å². The van der Waals surface area contributed by atoms with Gasteiger partial charge in [-0.3, -0.25) is 9.78 Å². The van der Waals surface area contributed by atoms with E-state index in [0.717, 1.165) is 5.75 Å². The zero-order valence-electron chi connectivity index (χ0n) is 10.5. The van der Waals surface area contributed by atoms with E-state index in [0.29, 0.717) is 23.7 Å². The summed E-state index contributed by atoms with van der Waals surface area (Å²) in [5.41, 5.74) is 6.51. The van der Waals surface area contributed by atoms with E-state index in [-0.39, 0.29) is 10.9 Å². The van der Waals surface area contributed by atoms with Crippen LogP contribution in [-0.4, -0.2) is 34.4 Å². The zero-order valence-corrected chi connectivity index (χ0v) is 12.1. The third-order valence-electron chi connectivity index (χ3n) is 2.34. The maximum Gasteiger partial charge on any atom is 0.269 e. The molecule has 1 rings (SSSR count). The van der Waals surface area contributed by atoms with Crippen LogP contribution in [0.15, 0.2) is 18.3 Å². The average molecular weight is 283 g/mol. The average Bonchev–Trinajstić information content (AvgIpc) is 2.36. The second kappa shape index (κ2) is 7.33. The van der Waals surface area contributed by atoms with Gasteiger partial charge >= 0.3 is 0 Å². The third kappa shape index (κ3) is 4.62. The van der Waals surface area contributed by atoms with Gasteiger partial charge in [0.25, 0.3) is 5.91 Å². The maximum atomic E-state index is 11.8. The Morgan fingerprint density at radius 3 is 2.83 bits per heavy atom. The molecule has 0 radical (unpaired) electrons. The van der Waals surface area contributed by atoms with Crippen LogP contribution in [0.25, 0.3) is 0 Å². The minimum absolute atomic E-state index is 0.169. The first-order chi connectivity index (χ1) is 8.54. The number of carbonyl (C=O) groups is 1. The smallest absolute Gasteiger partial charge is 0.269 e. The van der Waals surface area contributed by atoms with Gasteiger partial charge in [0.05, 0.1) is 0 Å². The van der Waals surface area contributed by atoms with Crippen LogP contribution in [0.3, 0.4) is 0 Å². The number of pyridine rings is 1. The largest absolute Gasteiger partial charge is 0.389 e. The molecular formula is C12H17N3OS2. The fraction of sp³-hybridized carbons (Fsp3) is 0.417. The summed E-state index contributed by atoms with van der Waals surface area (Å²) in [4.78, 5) is 16.1. The molecule has 6 heteroatoms. The van der Waals surface area contributed by atoms with E-state index < -0.39 is 0 Å². The minimum atomic E-state index is -0.169. The predicted molar refractivity (Wildman–Crippen MR) is 80.0 cm³/mol. The van der Waals surface area contributed by atoms with Crippen molar-refractivity contribution in [3.05, 3.63) is 29.6 Å². The Morgan fingerprint density at radius 2 is 2.33 bits per heavy atom. The highest BCUT2D eigenvalue weighted by Crippen LogP contribution is 2.04. The lowest BCUT2D eigenvalue weighted by Crippen LogP contribution is -2.29. The summed E-state index contributed by atoms with van der Waals surface area (Å²) in [5.74, 6) is 1.30. The molecule has 0 bridgehead atoms. The number of nitrogens with one attached hydrogen (secondary N) is 1. The number of nitrogens with zero attached hydrogens (tertiary/aromatic N) is 1. The molecule has 0 fully saturated rings. The van der Waals surface area contributed by atoms with Crippen molar-refractivity contribution in [3.8, 4) is 0 Å². The number of thioether (sulfide) groups is 1. The fourth-order valence-electron chi connectivity index (χ4n) is 1.37. The molecule has 98 valence electrons. The van der Waals surface area contributed by atoms with Crippen LogP contribution in [0.2, 0.25) is 0 Å². The highest BCUT2D eigenvalue weighted by molar-refractivity contribution is 7.98. The van der Waals surface area contributed by atoms with E-state index in [9.17, 15) is 4.79 Å². The summed E-state index contributed by atoms with van der Waals surface area (Å²) in [7, 11) is 0. The maximum absolute atomic E-state index is 11.8. The third-order valence-corrected chi connectivity index (χ3v) is 3.48. The van der Waals surface area contributed by atoms with Gasteiger partial charge in [-0.25, -0.2) is 0 Å². The van der Waals surface area contributed by atoms with Crippen LogP contribution in [-0.2, 0) is 0 Å². The molecule has 0 spiro atoms. The molecule has 1 amide bonds. The van der Waals surface area contributed by atoms with Gasteiger partial charge in [-0.2, -0.15) is 11.8 Å². The quantitative estimate of drug-likeness (QED) is 0.773. The standard InChI is InChI=1S/C12H17N3OS2/c1-8(7-18-2)5-15-12(16)10-4-3-9(6-14-10)11(13)17/h3-4,6,8H,5,7H2,1-2H3,(H2,13,17)(H,15,16). The van der Waals surface area contributed by atoms with E-state index in [2.05, 4.69) is 17.2 Å². The molecular weight excluding hydrogens is 266 g/mol. The van der Waals surface area contributed by atoms with Gasteiger partial charge in [0, 0.05) is 18.3 Å². The van der Waals surface area contributed by atoms with Gasteiger partial charge in [-0.05, 0) is 30.1 Å². The molecule has 4 nitrogen and oxygen atoms in total. The number of aromatic nitrogens is 1. The van der Waals surface area contributed by atoms with Crippen molar-refractivity contribution < 1.29 is 4.79 Å². The van der Waals surface area contributed by atoms with Crippen LogP contribution < -0.4 is 11.1 Å². The second-order valence-corrected chi connectivity index (χ2v) is 5.42. The number of hydrogen-bond donors (Lipinski definition) is 2. The van der Waals surface area contributed by atoms with Crippen LogP contribution in [0, 0.1) is 5.92 Å². The minimum Gasteiger partial charge on any atom is -0.389 e. The van der Waals surface area contributed by atoms with Crippen molar-refractivity contribution >= 4 is 34.9 Å². The molecule has 0 aliphatic rings. The summed E-state index contributed by atoms with van der Waals surface area (Å²) < 4.78 is 0. The van der Waals surface area contributed by atoms with Crippen molar-refractivity contribution in [2.75, 3.05) is 18.6 Å². The number of nitrogens with two attached hydrogens (primary N) is 1. The summed E-state index contributed by atoms with van der Waals surface area (Å²) in [6, 6.07) is 3.33. The number of rotatable bonds is 6. The van der Waals surface area contributed by atoms with Crippen LogP contribution in [0.5, 0.6) is 0 Å². The number of carbonyl (C=O) groups excluding carboxylic acids is 1.